The van der Waals surface area contributed by atoms with E-state index in [1.807, 2.05) is 78.9 Å². The van der Waals surface area contributed by atoms with Crippen LogP contribution in [0.5, 0.6) is 5.75 Å². The molecule has 0 aliphatic rings. The molecule has 1 amide bonds. The first-order valence-electron chi connectivity index (χ1n) is 10.2. The molecular weight excluding hydrogens is 422 g/mol. The number of aromatic nitrogens is 2. The van der Waals surface area contributed by atoms with Gasteiger partial charge < -0.3 is 15.0 Å². The zero-order chi connectivity index (χ0) is 22.1. The number of benzene rings is 3. The van der Waals surface area contributed by atoms with Gasteiger partial charge in [0.1, 0.15) is 11.4 Å². The maximum absolute atomic E-state index is 13.1. The van der Waals surface area contributed by atoms with E-state index in [0.29, 0.717) is 23.0 Å². The summed E-state index contributed by atoms with van der Waals surface area (Å²) in [5.74, 6) is 0.536. The maximum Gasteiger partial charge on any atom is 0.270 e. The van der Waals surface area contributed by atoms with Gasteiger partial charge >= 0.3 is 0 Å². The monoisotopic (exact) mass is 441 g/mol. The van der Waals surface area contributed by atoms with Gasteiger partial charge in [0, 0.05) is 33.4 Å². The number of fused-ring (bicyclic) bond motifs is 3. The number of H-pyrrole nitrogens is 1. The highest BCUT2D eigenvalue weighted by molar-refractivity contribution is 6.31. The van der Waals surface area contributed by atoms with Crippen molar-refractivity contribution in [3.05, 3.63) is 95.1 Å². The Bertz CT molecular complexity index is 1440. The molecule has 6 heteroatoms. The van der Waals surface area contributed by atoms with Crippen molar-refractivity contribution in [3.63, 3.8) is 0 Å². The molecular formula is C26H20ClN3O2. The SMILES string of the molecule is COc1ccc(CNC(=O)c2cc3c([nH]c4ccccc43)c(-c3cccc(Cl)c3)n2)cc1. The number of para-hydroxylation sites is 1. The number of hydrogen-bond donors (Lipinski definition) is 2. The first-order valence-corrected chi connectivity index (χ1v) is 10.6. The third kappa shape index (κ3) is 3.79. The fourth-order valence-corrected chi connectivity index (χ4v) is 4.01. The second-order valence-electron chi connectivity index (χ2n) is 7.49. The number of carbonyl (C=O) groups is 1. The van der Waals surface area contributed by atoms with Crippen LogP contribution in [0.3, 0.4) is 0 Å². The summed E-state index contributed by atoms with van der Waals surface area (Å²) in [6.07, 6.45) is 0. The number of ether oxygens (including phenoxy) is 1. The van der Waals surface area contributed by atoms with Gasteiger partial charge in [-0.3, -0.25) is 4.79 Å². The summed E-state index contributed by atoms with van der Waals surface area (Å²) in [5.41, 5.74) is 4.73. The largest absolute Gasteiger partial charge is 0.497 e. The number of amides is 1. The molecule has 0 aliphatic carbocycles. The van der Waals surface area contributed by atoms with E-state index >= 15 is 0 Å². The minimum Gasteiger partial charge on any atom is -0.497 e. The highest BCUT2D eigenvalue weighted by Crippen LogP contribution is 2.33. The minimum absolute atomic E-state index is 0.240. The standard InChI is InChI=1S/C26H20ClN3O2/c1-32-19-11-9-16(10-12-19)15-28-26(31)23-14-21-20-7-2-3-8-22(20)29-25(21)24(30-23)17-5-4-6-18(27)13-17/h2-14,29H,15H2,1H3,(H,28,31). The summed E-state index contributed by atoms with van der Waals surface area (Å²) in [7, 11) is 1.63. The van der Waals surface area contributed by atoms with E-state index in [4.69, 9.17) is 21.3 Å². The average Bonchev–Trinajstić information content (AvgIpc) is 3.21. The number of aromatic amines is 1. The second kappa shape index (κ2) is 8.36. The van der Waals surface area contributed by atoms with E-state index in [2.05, 4.69) is 10.3 Å². The van der Waals surface area contributed by atoms with E-state index in [-0.39, 0.29) is 5.91 Å². The quantitative estimate of drug-likeness (QED) is 0.353. The van der Waals surface area contributed by atoms with Crippen molar-refractivity contribution in [2.45, 2.75) is 6.54 Å². The lowest BCUT2D eigenvalue weighted by Crippen LogP contribution is -2.24. The Morgan fingerprint density at radius 2 is 1.81 bits per heavy atom. The number of carbonyl (C=O) groups excluding carboxylic acids is 1. The van der Waals surface area contributed by atoms with E-state index < -0.39 is 0 Å². The number of nitrogens with zero attached hydrogens (tertiary/aromatic N) is 1. The van der Waals surface area contributed by atoms with Gasteiger partial charge in [0.2, 0.25) is 0 Å². The normalized spacial score (nSPS) is 11.1. The molecule has 2 heterocycles. The molecule has 5 rings (SSSR count). The van der Waals surface area contributed by atoms with Crippen LogP contribution in [0.25, 0.3) is 33.1 Å². The Morgan fingerprint density at radius 3 is 2.59 bits per heavy atom. The zero-order valence-electron chi connectivity index (χ0n) is 17.4. The Kier molecular flexibility index (Phi) is 5.25. The van der Waals surface area contributed by atoms with Gasteiger partial charge in [-0.25, -0.2) is 4.98 Å². The second-order valence-corrected chi connectivity index (χ2v) is 7.93. The first kappa shape index (κ1) is 20.1. The van der Waals surface area contributed by atoms with Crippen LogP contribution in [0, 0.1) is 0 Å². The van der Waals surface area contributed by atoms with Crippen molar-refractivity contribution in [2.75, 3.05) is 7.11 Å². The molecule has 2 aromatic heterocycles. The van der Waals surface area contributed by atoms with E-state index in [9.17, 15) is 4.79 Å². The van der Waals surface area contributed by atoms with Crippen LogP contribution >= 0.6 is 11.6 Å². The highest BCUT2D eigenvalue weighted by atomic mass is 35.5. The molecule has 3 aromatic carbocycles. The number of hydrogen-bond acceptors (Lipinski definition) is 3. The minimum atomic E-state index is -0.240. The number of pyridine rings is 1. The molecule has 0 fully saturated rings. The molecule has 2 N–H and O–H groups in total. The summed E-state index contributed by atoms with van der Waals surface area (Å²) in [6.45, 7) is 0.392. The van der Waals surface area contributed by atoms with Crippen LogP contribution in [0.15, 0.2) is 78.9 Å². The van der Waals surface area contributed by atoms with Gasteiger partial charge in [-0.15, -0.1) is 0 Å². The molecule has 158 valence electrons. The average molecular weight is 442 g/mol. The van der Waals surface area contributed by atoms with E-state index in [1.54, 1.807) is 7.11 Å². The Morgan fingerprint density at radius 1 is 1.00 bits per heavy atom. The van der Waals surface area contributed by atoms with Crippen molar-refractivity contribution >= 4 is 39.3 Å². The molecule has 0 aliphatic heterocycles. The summed E-state index contributed by atoms with van der Waals surface area (Å²) in [6, 6.07) is 24.9. The van der Waals surface area contributed by atoms with Gasteiger partial charge in [-0.2, -0.15) is 0 Å². The fourth-order valence-electron chi connectivity index (χ4n) is 3.82. The van der Waals surface area contributed by atoms with Crippen LogP contribution in [0.1, 0.15) is 16.1 Å². The van der Waals surface area contributed by atoms with Crippen molar-refractivity contribution in [3.8, 4) is 17.0 Å². The third-order valence-electron chi connectivity index (χ3n) is 5.44. The van der Waals surface area contributed by atoms with Gasteiger partial charge in [0.15, 0.2) is 0 Å². The molecule has 0 spiro atoms. The van der Waals surface area contributed by atoms with Crippen LogP contribution < -0.4 is 10.1 Å². The molecule has 32 heavy (non-hydrogen) atoms. The van der Waals surface area contributed by atoms with Crippen molar-refractivity contribution in [2.24, 2.45) is 0 Å². The molecule has 0 saturated carbocycles. The van der Waals surface area contributed by atoms with Crippen LogP contribution in [0.2, 0.25) is 5.02 Å². The van der Waals surface area contributed by atoms with Crippen LogP contribution in [-0.2, 0) is 6.54 Å². The Balaban J connectivity index is 1.56. The van der Waals surface area contributed by atoms with Gasteiger partial charge in [-0.1, -0.05) is 54.1 Å². The smallest absolute Gasteiger partial charge is 0.270 e. The summed E-state index contributed by atoms with van der Waals surface area (Å²) >= 11 is 6.24. The molecule has 0 radical (unpaired) electrons. The van der Waals surface area contributed by atoms with Gasteiger partial charge in [0.05, 0.1) is 18.3 Å². The van der Waals surface area contributed by atoms with Crippen molar-refractivity contribution in [1.82, 2.24) is 15.3 Å². The first-order chi connectivity index (χ1) is 15.6. The van der Waals surface area contributed by atoms with E-state index in [0.717, 1.165) is 38.7 Å². The summed E-state index contributed by atoms with van der Waals surface area (Å²) in [5, 5.41) is 5.57. The summed E-state index contributed by atoms with van der Waals surface area (Å²) in [4.78, 5) is 21.2. The van der Waals surface area contributed by atoms with Gasteiger partial charge in [-0.05, 0) is 42.0 Å². The topological polar surface area (TPSA) is 67.0 Å². The van der Waals surface area contributed by atoms with E-state index in [1.165, 1.54) is 0 Å². The molecule has 0 unspecified atom stereocenters. The number of methoxy groups -OCH3 is 1. The Labute approximate surface area is 190 Å². The predicted octanol–water partition coefficient (Wildman–Crippen LogP) is 5.98. The molecule has 5 aromatic rings. The molecule has 0 saturated heterocycles. The molecule has 0 atom stereocenters. The number of rotatable bonds is 5. The highest BCUT2D eigenvalue weighted by Gasteiger charge is 2.17. The Hall–Kier alpha value is -3.83. The number of halogens is 1. The fraction of sp³-hybridized carbons (Fsp3) is 0.0769. The molecule has 0 bridgehead atoms. The van der Waals surface area contributed by atoms with Crippen LogP contribution in [-0.4, -0.2) is 23.0 Å². The van der Waals surface area contributed by atoms with Crippen molar-refractivity contribution < 1.29 is 9.53 Å². The summed E-state index contributed by atoms with van der Waals surface area (Å²) < 4.78 is 5.19. The molecule has 5 nitrogen and oxygen atoms in total. The lowest BCUT2D eigenvalue weighted by molar-refractivity contribution is 0.0946. The van der Waals surface area contributed by atoms with Crippen LogP contribution in [0.4, 0.5) is 0 Å². The predicted molar refractivity (Wildman–Crippen MR) is 128 cm³/mol. The third-order valence-corrected chi connectivity index (χ3v) is 5.67. The maximum atomic E-state index is 13.1. The lowest BCUT2D eigenvalue weighted by Gasteiger charge is -2.09. The lowest BCUT2D eigenvalue weighted by atomic mass is 10.1. The number of nitrogens with one attached hydrogen (secondary N) is 2. The zero-order valence-corrected chi connectivity index (χ0v) is 18.1. The van der Waals surface area contributed by atoms with Gasteiger partial charge in [0.25, 0.3) is 5.91 Å². The van der Waals surface area contributed by atoms with Crippen molar-refractivity contribution in [1.29, 1.82) is 0 Å².